The van der Waals surface area contributed by atoms with Crippen LogP contribution in [0.4, 0.5) is 5.82 Å². The van der Waals surface area contributed by atoms with Crippen molar-refractivity contribution in [3.63, 3.8) is 0 Å². The number of ether oxygens (including phenoxy) is 1. The summed E-state index contributed by atoms with van der Waals surface area (Å²) in [5, 5.41) is 5.59. The number of anilines is 1. The maximum absolute atomic E-state index is 12.5. The van der Waals surface area contributed by atoms with Gasteiger partial charge in [-0.15, -0.1) is 0 Å². The number of nitrogens with zero attached hydrogens (tertiary/aromatic N) is 3. The molecule has 7 nitrogen and oxygen atoms in total. The van der Waals surface area contributed by atoms with Crippen molar-refractivity contribution in [3.05, 3.63) is 50.5 Å². The monoisotopic (exact) mass is 384 g/mol. The third-order valence-corrected chi connectivity index (χ3v) is 6.06. The molecule has 2 aliphatic rings. The second-order valence-corrected chi connectivity index (χ2v) is 7.70. The summed E-state index contributed by atoms with van der Waals surface area (Å²) in [6.07, 6.45) is 12.2. The number of fused-ring (bicyclic) bond motifs is 1. The molecule has 8 heteroatoms. The molecule has 0 saturated heterocycles. The number of hydrogen-bond acceptors (Lipinski definition) is 7. The predicted octanol–water partition coefficient (Wildman–Crippen LogP) is 2.83. The Balaban J connectivity index is 1.77. The summed E-state index contributed by atoms with van der Waals surface area (Å²) in [4.78, 5) is 29.5. The fourth-order valence-electron chi connectivity index (χ4n) is 3.51. The van der Waals surface area contributed by atoms with Crippen LogP contribution in [0.15, 0.2) is 34.4 Å². The fraction of sp³-hybridized carbons (Fsp3) is 0.368. The van der Waals surface area contributed by atoms with Gasteiger partial charge < -0.3 is 10.5 Å². The van der Waals surface area contributed by atoms with E-state index in [1.54, 1.807) is 18.2 Å². The third kappa shape index (κ3) is 3.21. The summed E-state index contributed by atoms with van der Waals surface area (Å²) in [5.74, 6) is 0.513. The number of allylic oxidation sites excluding steroid dienone is 4. The molecule has 2 aromatic heterocycles. The molecule has 0 atom stereocenters. The number of rotatable bonds is 3. The molecule has 2 aliphatic carbocycles. The van der Waals surface area contributed by atoms with E-state index in [-0.39, 0.29) is 22.9 Å². The van der Waals surface area contributed by atoms with Crippen LogP contribution >= 0.6 is 11.3 Å². The van der Waals surface area contributed by atoms with Gasteiger partial charge in [-0.2, -0.15) is 14.6 Å². The Morgan fingerprint density at radius 2 is 2.07 bits per heavy atom. The molecule has 0 bridgehead atoms. The van der Waals surface area contributed by atoms with Crippen LogP contribution in [-0.4, -0.2) is 27.5 Å². The zero-order valence-electron chi connectivity index (χ0n) is 15.0. The Bertz CT molecular complexity index is 1050. The second-order valence-electron chi connectivity index (χ2n) is 6.71. The van der Waals surface area contributed by atoms with E-state index in [1.807, 2.05) is 0 Å². The Hall–Kier alpha value is -2.74. The highest BCUT2D eigenvalue weighted by Gasteiger charge is 2.23. The van der Waals surface area contributed by atoms with E-state index < -0.39 is 5.56 Å². The normalized spacial score (nSPS) is 19.7. The summed E-state index contributed by atoms with van der Waals surface area (Å²) in [7, 11) is 1.43. The predicted molar refractivity (Wildman–Crippen MR) is 105 cm³/mol. The van der Waals surface area contributed by atoms with E-state index >= 15 is 0 Å². The average molecular weight is 384 g/mol. The Labute approximate surface area is 159 Å². The summed E-state index contributed by atoms with van der Waals surface area (Å²) in [5.41, 5.74) is 6.26. The number of hydrogen-bond donors (Lipinski definition) is 1. The van der Waals surface area contributed by atoms with Gasteiger partial charge in [0.05, 0.1) is 12.7 Å². The minimum atomic E-state index is -0.464. The number of nitrogen functional groups attached to an aromatic ring is 1. The number of ketones is 1. The number of aromatic nitrogens is 3. The SMILES string of the molecule is COC1=CC=CC(=Cc2c(N)n3nc(C4CCCCC4)sc3nc2=O)C1=O. The van der Waals surface area contributed by atoms with Crippen LogP contribution in [0.3, 0.4) is 0 Å². The molecule has 0 aliphatic heterocycles. The molecule has 1 fully saturated rings. The van der Waals surface area contributed by atoms with Crippen LogP contribution in [-0.2, 0) is 9.53 Å². The second kappa shape index (κ2) is 7.11. The van der Waals surface area contributed by atoms with Crippen molar-refractivity contribution in [3.8, 4) is 0 Å². The quantitative estimate of drug-likeness (QED) is 0.817. The van der Waals surface area contributed by atoms with Gasteiger partial charge in [0, 0.05) is 11.5 Å². The number of nitrogens with two attached hydrogens (primary N) is 1. The van der Waals surface area contributed by atoms with Crippen LogP contribution in [0.2, 0.25) is 0 Å². The first-order chi connectivity index (χ1) is 13.1. The molecular formula is C19H20N4O3S. The van der Waals surface area contributed by atoms with Gasteiger partial charge in [-0.05, 0) is 25.0 Å². The first-order valence-corrected chi connectivity index (χ1v) is 9.78. The molecule has 0 amide bonds. The fourth-order valence-corrected chi connectivity index (χ4v) is 4.58. The molecule has 0 aromatic carbocycles. The van der Waals surface area contributed by atoms with Crippen LogP contribution in [0, 0.1) is 0 Å². The first-order valence-electron chi connectivity index (χ1n) is 8.96. The molecule has 0 unspecified atom stereocenters. The smallest absolute Gasteiger partial charge is 0.283 e. The highest BCUT2D eigenvalue weighted by Crippen LogP contribution is 2.35. The lowest BCUT2D eigenvalue weighted by Crippen LogP contribution is -2.18. The van der Waals surface area contributed by atoms with Gasteiger partial charge in [0.25, 0.3) is 5.56 Å². The van der Waals surface area contributed by atoms with Gasteiger partial charge in [-0.3, -0.25) is 9.59 Å². The molecule has 0 radical (unpaired) electrons. The topological polar surface area (TPSA) is 99.6 Å². The van der Waals surface area contributed by atoms with Gasteiger partial charge in [-0.25, -0.2) is 0 Å². The summed E-state index contributed by atoms with van der Waals surface area (Å²) < 4.78 is 6.57. The minimum absolute atomic E-state index is 0.165. The molecule has 2 heterocycles. The van der Waals surface area contributed by atoms with Crippen molar-refractivity contribution in [2.75, 3.05) is 12.8 Å². The maximum atomic E-state index is 12.5. The van der Waals surface area contributed by atoms with Crippen molar-refractivity contribution in [1.82, 2.24) is 14.6 Å². The molecule has 140 valence electrons. The lowest BCUT2D eigenvalue weighted by molar-refractivity contribution is -0.114. The molecule has 1 saturated carbocycles. The molecule has 27 heavy (non-hydrogen) atoms. The lowest BCUT2D eigenvalue weighted by Gasteiger charge is -2.18. The molecular weight excluding hydrogens is 364 g/mol. The summed E-state index contributed by atoms with van der Waals surface area (Å²) in [6, 6.07) is 0. The van der Waals surface area contributed by atoms with Crippen LogP contribution in [0.25, 0.3) is 11.0 Å². The largest absolute Gasteiger partial charge is 0.493 e. The van der Waals surface area contributed by atoms with Crippen molar-refractivity contribution < 1.29 is 9.53 Å². The third-order valence-electron chi connectivity index (χ3n) is 4.99. The van der Waals surface area contributed by atoms with Gasteiger partial charge in [0.1, 0.15) is 10.8 Å². The van der Waals surface area contributed by atoms with Crippen molar-refractivity contribution in [2.24, 2.45) is 0 Å². The van der Waals surface area contributed by atoms with Crippen molar-refractivity contribution in [2.45, 2.75) is 38.0 Å². The molecule has 2 N–H and O–H groups in total. The van der Waals surface area contributed by atoms with Crippen LogP contribution < -0.4 is 11.3 Å². The van der Waals surface area contributed by atoms with Gasteiger partial charge >= 0.3 is 0 Å². The van der Waals surface area contributed by atoms with Crippen LogP contribution in [0.5, 0.6) is 0 Å². The highest BCUT2D eigenvalue weighted by atomic mass is 32.1. The molecule has 4 rings (SSSR count). The maximum Gasteiger partial charge on any atom is 0.283 e. The van der Waals surface area contributed by atoms with E-state index in [2.05, 4.69) is 10.1 Å². The lowest BCUT2D eigenvalue weighted by atomic mass is 9.90. The summed E-state index contributed by atoms with van der Waals surface area (Å²) in [6.45, 7) is 0. The van der Waals surface area contributed by atoms with Gasteiger partial charge in [-0.1, -0.05) is 42.8 Å². The van der Waals surface area contributed by atoms with Gasteiger partial charge in [0.15, 0.2) is 5.76 Å². The zero-order chi connectivity index (χ0) is 19.0. The minimum Gasteiger partial charge on any atom is -0.493 e. The standard InChI is InChI=1S/C19H20N4O3S/c1-26-14-9-5-8-12(15(14)24)10-13-16(20)23-19(21-17(13)25)27-18(22-23)11-6-3-2-4-7-11/h5,8-11H,2-4,6-7,20H2,1H3. The van der Waals surface area contributed by atoms with E-state index in [0.717, 1.165) is 17.8 Å². The Morgan fingerprint density at radius 1 is 1.30 bits per heavy atom. The number of carbonyl (C=O) groups is 1. The first kappa shape index (κ1) is 17.7. The molecule has 0 spiro atoms. The van der Waals surface area contributed by atoms with Gasteiger partial charge in [0.2, 0.25) is 10.7 Å². The Morgan fingerprint density at radius 3 is 2.81 bits per heavy atom. The zero-order valence-corrected chi connectivity index (χ0v) is 15.8. The van der Waals surface area contributed by atoms with Crippen molar-refractivity contribution >= 4 is 34.0 Å². The summed E-state index contributed by atoms with van der Waals surface area (Å²) >= 11 is 1.42. The number of methoxy groups -OCH3 is 1. The number of carbonyl (C=O) groups excluding carboxylic acids is 1. The number of Topliss-reactive ketones (excluding diaryl/α,β-unsaturated/α-hetero) is 1. The average Bonchev–Trinajstić information content (AvgIpc) is 3.11. The molecule has 2 aromatic rings. The van der Waals surface area contributed by atoms with Crippen LogP contribution in [0.1, 0.15) is 48.6 Å². The van der Waals surface area contributed by atoms with E-state index in [9.17, 15) is 9.59 Å². The highest BCUT2D eigenvalue weighted by molar-refractivity contribution is 7.16. The van der Waals surface area contributed by atoms with Crippen molar-refractivity contribution in [1.29, 1.82) is 0 Å². The van der Waals surface area contributed by atoms with E-state index in [0.29, 0.717) is 16.5 Å². The Kier molecular flexibility index (Phi) is 4.65. The van der Waals surface area contributed by atoms with E-state index in [4.69, 9.17) is 10.5 Å². The van der Waals surface area contributed by atoms with E-state index in [1.165, 1.54) is 48.3 Å².